The number of hydrogen-bond donors (Lipinski definition) is 1. The average molecular weight is 408 g/mol. The Balaban J connectivity index is 1.97. The van der Waals surface area contributed by atoms with E-state index < -0.39 is 16.1 Å². The van der Waals surface area contributed by atoms with Crippen LogP contribution in [-0.4, -0.2) is 8.42 Å². The van der Waals surface area contributed by atoms with Crippen molar-refractivity contribution >= 4 is 37.3 Å². The zero-order valence-corrected chi connectivity index (χ0v) is 15.2. The lowest BCUT2D eigenvalue weighted by Crippen LogP contribution is -2.28. The van der Waals surface area contributed by atoms with Crippen LogP contribution in [0.25, 0.3) is 0 Å². The summed E-state index contributed by atoms with van der Waals surface area (Å²) in [6.07, 6.45) is 0. The third kappa shape index (κ3) is 3.90. The molecule has 1 atom stereocenters. The molecule has 1 heterocycles. The second-order valence-corrected chi connectivity index (χ2v) is 8.54. The highest BCUT2D eigenvalue weighted by atomic mass is 79.9. The standard InChI is InChI=1S/C17H14BrNO2S2/c18-14-8-10-15(11-9-14)23(20,21)19-17(16-7-4-12-22-16)13-5-2-1-3-6-13/h1-12,17,19H. The quantitative estimate of drug-likeness (QED) is 0.672. The second kappa shape index (κ2) is 6.97. The first-order valence-corrected chi connectivity index (χ1v) is 10.1. The molecule has 0 aliphatic carbocycles. The zero-order chi connectivity index (χ0) is 16.3. The SMILES string of the molecule is O=S(=O)(NC(c1ccccc1)c1cccs1)c1ccc(Br)cc1. The molecule has 6 heteroatoms. The van der Waals surface area contributed by atoms with Crippen molar-refractivity contribution in [3.8, 4) is 0 Å². The molecule has 3 rings (SSSR count). The predicted octanol–water partition coefficient (Wildman–Crippen LogP) is 4.58. The van der Waals surface area contributed by atoms with E-state index in [9.17, 15) is 8.42 Å². The van der Waals surface area contributed by atoms with Gasteiger partial charge in [0.2, 0.25) is 10.0 Å². The van der Waals surface area contributed by atoms with Crippen LogP contribution >= 0.6 is 27.3 Å². The molecule has 0 radical (unpaired) electrons. The van der Waals surface area contributed by atoms with Crippen molar-refractivity contribution in [1.82, 2.24) is 4.72 Å². The Morgan fingerprint density at radius 1 is 0.913 bits per heavy atom. The smallest absolute Gasteiger partial charge is 0.207 e. The highest BCUT2D eigenvalue weighted by molar-refractivity contribution is 9.10. The number of thiophene rings is 1. The number of hydrogen-bond acceptors (Lipinski definition) is 3. The van der Waals surface area contributed by atoms with Crippen LogP contribution in [0.4, 0.5) is 0 Å². The first-order valence-electron chi connectivity index (χ1n) is 6.92. The first-order chi connectivity index (χ1) is 11.1. The summed E-state index contributed by atoms with van der Waals surface area (Å²) in [6.45, 7) is 0. The van der Waals surface area contributed by atoms with Gasteiger partial charge in [-0.2, -0.15) is 4.72 Å². The maximum atomic E-state index is 12.7. The minimum absolute atomic E-state index is 0.248. The van der Waals surface area contributed by atoms with Gasteiger partial charge in [-0.1, -0.05) is 52.3 Å². The van der Waals surface area contributed by atoms with Crippen LogP contribution in [0.2, 0.25) is 0 Å². The van der Waals surface area contributed by atoms with Crippen molar-refractivity contribution in [2.75, 3.05) is 0 Å². The van der Waals surface area contributed by atoms with Gasteiger partial charge in [-0.05, 0) is 41.3 Å². The third-order valence-electron chi connectivity index (χ3n) is 3.36. The van der Waals surface area contributed by atoms with Crippen LogP contribution in [0, 0.1) is 0 Å². The van der Waals surface area contributed by atoms with E-state index in [1.165, 1.54) is 11.3 Å². The van der Waals surface area contributed by atoms with E-state index in [4.69, 9.17) is 0 Å². The van der Waals surface area contributed by atoms with Gasteiger partial charge in [-0.15, -0.1) is 11.3 Å². The molecule has 1 unspecified atom stereocenters. The van der Waals surface area contributed by atoms with E-state index in [-0.39, 0.29) is 4.90 Å². The maximum absolute atomic E-state index is 12.7. The van der Waals surface area contributed by atoms with E-state index in [0.29, 0.717) is 0 Å². The van der Waals surface area contributed by atoms with Crippen LogP contribution < -0.4 is 4.72 Å². The molecule has 0 saturated heterocycles. The molecule has 118 valence electrons. The Hall–Kier alpha value is -1.47. The number of rotatable bonds is 5. The molecule has 23 heavy (non-hydrogen) atoms. The third-order valence-corrected chi connectivity index (χ3v) is 6.26. The number of benzene rings is 2. The number of sulfonamides is 1. The largest absolute Gasteiger partial charge is 0.241 e. The molecule has 0 saturated carbocycles. The average Bonchev–Trinajstić information content (AvgIpc) is 3.08. The van der Waals surface area contributed by atoms with Gasteiger partial charge in [0, 0.05) is 9.35 Å². The highest BCUT2D eigenvalue weighted by Crippen LogP contribution is 2.28. The normalized spacial score (nSPS) is 12.9. The molecule has 1 aromatic heterocycles. The monoisotopic (exact) mass is 407 g/mol. The fourth-order valence-electron chi connectivity index (χ4n) is 2.23. The summed E-state index contributed by atoms with van der Waals surface area (Å²) in [5.41, 5.74) is 0.913. The van der Waals surface area contributed by atoms with E-state index in [0.717, 1.165) is 14.9 Å². The summed E-state index contributed by atoms with van der Waals surface area (Å²) >= 11 is 4.85. The van der Waals surface area contributed by atoms with Gasteiger partial charge in [0.15, 0.2) is 0 Å². The number of halogens is 1. The molecule has 3 aromatic rings. The summed E-state index contributed by atoms with van der Waals surface area (Å²) in [5, 5.41) is 1.94. The molecule has 0 spiro atoms. The Kier molecular flexibility index (Phi) is 4.96. The topological polar surface area (TPSA) is 46.2 Å². The zero-order valence-electron chi connectivity index (χ0n) is 12.0. The van der Waals surface area contributed by atoms with Gasteiger partial charge in [0.1, 0.15) is 0 Å². The van der Waals surface area contributed by atoms with Gasteiger partial charge in [-0.25, -0.2) is 8.42 Å². The summed E-state index contributed by atoms with van der Waals surface area (Å²) in [5.74, 6) is 0. The minimum Gasteiger partial charge on any atom is -0.207 e. The van der Waals surface area contributed by atoms with Crippen LogP contribution in [0.15, 0.2) is 81.5 Å². The lowest BCUT2D eigenvalue weighted by Gasteiger charge is -2.18. The van der Waals surface area contributed by atoms with E-state index in [1.54, 1.807) is 24.3 Å². The Morgan fingerprint density at radius 3 is 2.22 bits per heavy atom. The number of nitrogens with one attached hydrogen (secondary N) is 1. The molecule has 0 aliphatic heterocycles. The van der Waals surface area contributed by atoms with Gasteiger partial charge < -0.3 is 0 Å². The molecular formula is C17H14BrNO2S2. The summed E-state index contributed by atoms with van der Waals surface area (Å²) in [7, 11) is -3.61. The van der Waals surface area contributed by atoms with E-state index in [1.807, 2.05) is 47.8 Å². The fraction of sp³-hybridized carbons (Fsp3) is 0.0588. The van der Waals surface area contributed by atoms with Gasteiger partial charge in [-0.3, -0.25) is 0 Å². The molecule has 3 nitrogen and oxygen atoms in total. The van der Waals surface area contributed by atoms with E-state index >= 15 is 0 Å². The van der Waals surface area contributed by atoms with Crippen LogP contribution in [0.3, 0.4) is 0 Å². The molecule has 2 aromatic carbocycles. The van der Waals surface area contributed by atoms with E-state index in [2.05, 4.69) is 20.7 Å². The predicted molar refractivity (Wildman–Crippen MR) is 97.1 cm³/mol. The van der Waals surface area contributed by atoms with Gasteiger partial charge in [0.05, 0.1) is 10.9 Å². The molecule has 0 amide bonds. The summed E-state index contributed by atoms with van der Waals surface area (Å²) < 4.78 is 29.1. The van der Waals surface area contributed by atoms with Crippen molar-refractivity contribution in [3.05, 3.63) is 87.0 Å². The summed E-state index contributed by atoms with van der Waals surface area (Å²) in [4.78, 5) is 1.20. The van der Waals surface area contributed by atoms with Gasteiger partial charge >= 0.3 is 0 Å². The summed E-state index contributed by atoms with van der Waals surface area (Å²) in [6, 6.07) is 19.6. The maximum Gasteiger partial charge on any atom is 0.241 e. The van der Waals surface area contributed by atoms with Crippen molar-refractivity contribution in [2.24, 2.45) is 0 Å². The van der Waals surface area contributed by atoms with Crippen LogP contribution in [0.1, 0.15) is 16.5 Å². The van der Waals surface area contributed by atoms with Crippen molar-refractivity contribution in [2.45, 2.75) is 10.9 Å². The fourth-order valence-corrected chi connectivity index (χ4v) is 4.57. The second-order valence-electron chi connectivity index (χ2n) is 4.93. The Labute approximate surface area is 148 Å². The minimum atomic E-state index is -3.61. The lowest BCUT2D eigenvalue weighted by molar-refractivity contribution is 0.573. The molecule has 0 aliphatic rings. The van der Waals surface area contributed by atoms with Crippen molar-refractivity contribution in [1.29, 1.82) is 0 Å². The Bertz CT molecular complexity index is 861. The van der Waals surface area contributed by atoms with Gasteiger partial charge in [0.25, 0.3) is 0 Å². The van der Waals surface area contributed by atoms with Crippen molar-refractivity contribution < 1.29 is 8.42 Å². The first kappa shape index (κ1) is 16.4. The molecule has 0 fully saturated rings. The van der Waals surface area contributed by atoms with Crippen LogP contribution in [-0.2, 0) is 10.0 Å². The van der Waals surface area contributed by atoms with Crippen molar-refractivity contribution in [3.63, 3.8) is 0 Å². The molecule has 0 bridgehead atoms. The lowest BCUT2D eigenvalue weighted by atomic mass is 10.1. The molecular weight excluding hydrogens is 394 g/mol. The highest BCUT2D eigenvalue weighted by Gasteiger charge is 2.23. The van der Waals surface area contributed by atoms with Crippen LogP contribution in [0.5, 0.6) is 0 Å². The Morgan fingerprint density at radius 2 is 1.61 bits per heavy atom. The molecule has 1 N–H and O–H groups in total.